The van der Waals surface area contributed by atoms with Crippen molar-refractivity contribution >= 4 is 0 Å². The SMILES string of the molecule is CC(C)(CO)NC1CCC(C#N)C1. The van der Waals surface area contributed by atoms with Gasteiger partial charge < -0.3 is 10.4 Å². The first kappa shape index (κ1) is 10.5. The average molecular weight is 182 g/mol. The lowest BCUT2D eigenvalue weighted by atomic mass is 10.0. The van der Waals surface area contributed by atoms with E-state index in [1.807, 2.05) is 13.8 Å². The Bertz CT molecular complexity index is 207. The van der Waals surface area contributed by atoms with Gasteiger partial charge in [-0.1, -0.05) is 0 Å². The standard InChI is InChI=1S/C10H18N2O/c1-10(2,7-13)12-9-4-3-8(5-9)6-11/h8-9,12-13H,3-5,7H2,1-2H3. The molecule has 2 atom stereocenters. The molecule has 3 nitrogen and oxygen atoms in total. The van der Waals surface area contributed by atoms with E-state index >= 15 is 0 Å². The second kappa shape index (κ2) is 4.08. The van der Waals surface area contributed by atoms with E-state index in [-0.39, 0.29) is 18.1 Å². The van der Waals surface area contributed by atoms with E-state index < -0.39 is 0 Å². The predicted octanol–water partition coefficient (Wildman–Crippen LogP) is 1.04. The number of hydrogen-bond acceptors (Lipinski definition) is 3. The molecule has 1 rings (SSSR count). The van der Waals surface area contributed by atoms with E-state index in [9.17, 15) is 0 Å². The summed E-state index contributed by atoms with van der Waals surface area (Å²) < 4.78 is 0. The number of aliphatic hydroxyl groups is 1. The van der Waals surface area contributed by atoms with Crippen LogP contribution < -0.4 is 5.32 Å². The van der Waals surface area contributed by atoms with Crippen LogP contribution in [-0.2, 0) is 0 Å². The van der Waals surface area contributed by atoms with Crippen LogP contribution in [-0.4, -0.2) is 23.3 Å². The van der Waals surface area contributed by atoms with E-state index in [0.29, 0.717) is 6.04 Å². The van der Waals surface area contributed by atoms with Crippen molar-refractivity contribution in [2.75, 3.05) is 6.61 Å². The Kier molecular flexibility index (Phi) is 3.29. The van der Waals surface area contributed by atoms with E-state index in [0.717, 1.165) is 19.3 Å². The van der Waals surface area contributed by atoms with Crippen LogP contribution in [0.25, 0.3) is 0 Å². The molecular weight excluding hydrogens is 164 g/mol. The third-order valence-corrected chi connectivity index (χ3v) is 2.61. The minimum absolute atomic E-state index is 0.140. The lowest BCUT2D eigenvalue weighted by molar-refractivity contribution is 0.175. The molecule has 2 unspecified atom stereocenters. The third kappa shape index (κ3) is 2.98. The Morgan fingerprint density at radius 2 is 2.23 bits per heavy atom. The van der Waals surface area contributed by atoms with Gasteiger partial charge in [0.2, 0.25) is 0 Å². The molecule has 1 saturated carbocycles. The fraction of sp³-hybridized carbons (Fsp3) is 0.900. The summed E-state index contributed by atoms with van der Waals surface area (Å²) in [6, 6.07) is 2.70. The van der Waals surface area contributed by atoms with E-state index in [1.165, 1.54) is 0 Å². The Hall–Kier alpha value is -0.590. The van der Waals surface area contributed by atoms with Gasteiger partial charge in [0.1, 0.15) is 0 Å². The zero-order chi connectivity index (χ0) is 9.90. The molecule has 13 heavy (non-hydrogen) atoms. The van der Waals surface area contributed by atoms with Crippen LogP contribution in [0.5, 0.6) is 0 Å². The van der Waals surface area contributed by atoms with Gasteiger partial charge in [0.05, 0.1) is 12.7 Å². The summed E-state index contributed by atoms with van der Waals surface area (Å²) in [6.07, 6.45) is 2.98. The van der Waals surface area contributed by atoms with Crippen LogP contribution in [0, 0.1) is 17.2 Å². The van der Waals surface area contributed by atoms with Gasteiger partial charge in [-0.25, -0.2) is 0 Å². The molecule has 0 saturated heterocycles. The van der Waals surface area contributed by atoms with Crippen molar-refractivity contribution in [3.05, 3.63) is 0 Å². The molecule has 0 aliphatic heterocycles. The van der Waals surface area contributed by atoms with Gasteiger partial charge in [0.25, 0.3) is 0 Å². The molecule has 0 amide bonds. The van der Waals surface area contributed by atoms with Crippen molar-refractivity contribution in [2.45, 2.75) is 44.7 Å². The number of hydrogen-bond donors (Lipinski definition) is 2. The molecule has 0 aromatic rings. The van der Waals surface area contributed by atoms with Gasteiger partial charge >= 0.3 is 0 Å². The fourth-order valence-electron chi connectivity index (χ4n) is 1.83. The summed E-state index contributed by atoms with van der Waals surface area (Å²) >= 11 is 0. The zero-order valence-electron chi connectivity index (χ0n) is 8.38. The highest BCUT2D eigenvalue weighted by Gasteiger charge is 2.28. The van der Waals surface area contributed by atoms with Crippen molar-refractivity contribution in [1.82, 2.24) is 5.32 Å². The summed E-state index contributed by atoms with van der Waals surface area (Å²) in [5.41, 5.74) is -0.213. The second-order valence-corrected chi connectivity index (χ2v) is 4.52. The van der Waals surface area contributed by atoms with Gasteiger partial charge in [-0.15, -0.1) is 0 Å². The van der Waals surface area contributed by atoms with Gasteiger partial charge in [0, 0.05) is 17.5 Å². The molecule has 1 aliphatic carbocycles. The second-order valence-electron chi connectivity index (χ2n) is 4.52. The van der Waals surface area contributed by atoms with Crippen molar-refractivity contribution in [3.63, 3.8) is 0 Å². The van der Waals surface area contributed by atoms with E-state index in [2.05, 4.69) is 11.4 Å². The third-order valence-electron chi connectivity index (χ3n) is 2.61. The lowest BCUT2D eigenvalue weighted by Crippen LogP contribution is -2.47. The summed E-state index contributed by atoms with van der Waals surface area (Å²) in [5, 5.41) is 21.1. The number of rotatable bonds is 3. The van der Waals surface area contributed by atoms with Crippen LogP contribution in [0.1, 0.15) is 33.1 Å². The van der Waals surface area contributed by atoms with Crippen molar-refractivity contribution < 1.29 is 5.11 Å². The van der Waals surface area contributed by atoms with Crippen LogP contribution in [0.2, 0.25) is 0 Å². The van der Waals surface area contributed by atoms with Crippen LogP contribution in [0.3, 0.4) is 0 Å². The molecule has 3 heteroatoms. The first-order valence-electron chi connectivity index (χ1n) is 4.85. The summed E-state index contributed by atoms with van der Waals surface area (Å²) in [7, 11) is 0. The molecule has 2 N–H and O–H groups in total. The average Bonchev–Trinajstić information content (AvgIpc) is 2.52. The van der Waals surface area contributed by atoms with Gasteiger partial charge in [-0.05, 0) is 33.1 Å². The van der Waals surface area contributed by atoms with Crippen molar-refractivity contribution in [2.24, 2.45) is 5.92 Å². The van der Waals surface area contributed by atoms with E-state index in [4.69, 9.17) is 10.4 Å². The van der Waals surface area contributed by atoms with Crippen LogP contribution in [0.4, 0.5) is 0 Å². The molecule has 0 bridgehead atoms. The molecule has 0 spiro atoms. The summed E-state index contributed by atoms with van der Waals surface area (Å²) in [5.74, 6) is 0.215. The quantitative estimate of drug-likeness (QED) is 0.685. The fourth-order valence-corrected chi connectivity index (χ4v) is 1.83. The Morgan fingerprint density at radius 1 is 1.54 bits per heavy atom. The molecule has 0 heterocycles. The first-order chi connectivity index (χ1) is 6.07. The maximum absolute atomic E-state index is 9.05. The van der Waals surface area contributed by atoms with Gasteiger partial charge in [-0.2, -0.15) is 5.26 Å². The maximum Gasteiger partial charge on any atom is 0.0656 e. The largest absolute Gasteiger partial charge is 0.394 e. The minimum Gasteiger partial charge on any atom is -0.394 e. The number of nitrogens with one attached hydrogen (secondary N) is 1. The monoisotopic (exact) mass is 182 g/mol. The van der Waals surface area contributed by atoms with Gasteiger partial charge in [0.15, 0.2) is 0 Å². The van der Waals surface area contributed by atoms with Crippen LogP contribution in [0.15, 0.2) is 0 Å². The van der Waals surface area contributed by atoms with Gasteiger partial charge in [-0.3, -0.25) is 0 Å². The van der Waals surface area contributed by atoms with E-state index in [1.54, 1.807) is 0 Å². The Morgan fingerprint density at radius 3 is 2.69 bits per heavy atom. The molecule has 1 fully saturated rings. The highest BCUT2D eigenvalue weighted by atomic mass is 16.3. The smallest absolute Gasteiger partial charge is 0.0656 e. The Balaban J connectivity index is 2.37. The lowest BCUT2D eigenvalue weighted by Gasteiger charge is -2.27. The predicted molar refractivity (Wildman–Crippen MR) is 51.0 cm³/mol. The summed E-state index contributed by atoms with van der Waals surface area (Å²) in [4.78, 5) is 0. The highest BCUT2D eigenvalue weighted by molar-refractivity contribution is 4.95. The minimum atomic E-state index is -0.213. The van der Waals surface area contributed by atoms with Crippen LogP contribution >= 0.6 is 0 Å². The summed E-state index contributed by atoms with van der Waals surface area (Å²) in [6.45, 7) is 4.10. The van der Waals surface area contributed by atoms with Crippen molar-refractivity contribution in [3.8, 4) is 6.07 Å². The number of aliphatic hydroxyl groups excluding tert-OH is 1. The number of nitrogens with zero attached hydrogens (tertiary/aromatic N) is 1. The molecule has 0 aromatic carbocycles. The van der Waals surface area contributed by atoms with Crippen molar-refractivity contribution in [1.29, 1.82) is 5.26 Å². The molecule has 0 radical (unpaired) electrons. The molecule has 74 valence electrons. The normalized spacial score (nSPS) is 28.8. The molecule has 1 aliphatic rings. The highest BCUT2D eigenvalue weighted by Crippen LogP contribution is 2.26. The maximum atomic E-state index is 9.05. The molecular formula is C10H18N2O. The first-order valence-corrected chi connectivity index (χ1v) is 4.85. The zero-order valence-corrected chi connectivity index (χ0v) is 8.38. The molecule has 0 aromatic heterocycles. The Labute approximate surface area is 79.8 Å². The topological polar surface area (TPSA) is 56.0 Å². The number of nitriles is 1.